The highest BCUT2D eigenvalue weighted by Gasteiger charge is 2.22. The fraction of sp³-hybridized carbons (Fsp3) is 0.188. The summed E-state index contributed by atoms with van der Waals surface area (Å²) < 4.78 is 29.2. The first-order valence-corrected chi connectivity index (χ1v) is 7.46. The summed E-state index contributed by atoms with van der Waals surface area (Å²) in [5, 5.41) is 11.2. The molecule has 0 amide bonds. The summed E-state index contributed by atoms with van der Waals surface area (Å²) in [5.41, 5.74) is 0.257. The zero-order chi connectivity index (χ0) is 18.0. The van der Waals surface area contributed by atoms with Gasteiger partial charge >= 0.3 is 5.97 Å². The Bertz CT molecular complexity index is 857. The van der Waals surface area contributed by atoms with Crippen LogP contribution in [0.1, 0.15) is 21.5 Å². The minimum absolute atomic E-state index is 0.0192. The third-order valence-corrected chi connectivity index (χ3v) is 3.72. The molecule has 1 aliphatic heterocycles. The Hall–Kier alpha value is -2.71. The van der Waals surface area contributed by atoms with Crippen LogP contribution in [0.25, 0.3) is 0 Å². The molecule has 0 atom stereocenters. The minimum atomic E-state index is -0.938. The van der Waals surface area contributed by atoms with E-state index in [0.29, 0.717) is 16.9 Å². The van der Waals surface area contributed by atoms with Crippen molar-refractivity contribution in [2.45, 2.75) is 13.2 Å². The van der Waals surface area contributed by atoms with E-state index in [1.807, 2.05) is 0 Å². The normalized spacial score (nSPS) is 12.9. The monoisotopic (exact) mass is 367 g/mol. The number of nitro benzene ring substituents is 1. The van der Waals surface area contributed by atoms with E-state index in [0.717, 1.165) is 12.1 Å². The Morgan fingerprint density at radius 1 is 1.36 bits per heavy atom. The van der Waals surface area contributed by atoms with E-state index in [1.165, 1.54) is 18.2 Å². The van der Waals surface area contributed by atoms with Gasteiger partial charge in [0.05, 0.1) is 17.1 Å². The number of rotatable bonds is 4. The van der Waals surface area contributed by atoms with Crippen LogP contribution in [0.3, 0.4) is 0 Å². The predicted molar refractivity (Wildman–Crippen MR) is 83.9 cm³/mol. The summed E-state index contributed by atoms with van der Waals surface area (Å²) in [4.78, 5) is 22.5. The van der Waals surface area contributed by atoms with E-state index in [1.54, 1.807) is 0 Å². The molecule has 1 aliphatic rings. The lowest BCUT2D eigenvalue weighted by molar-refractivity contribution is -0.385. The highest BCUT2D eigenvalue weighted by molar-refractivity contribution is 6.30. The van der Waals surface area contributed by atoms with Gasteiger partial charge in [-0.2, -0.15) is 0 Å². The molecule has 0 radical (unpaired) electrons. The zero-order valence-corrected chi connectivity index (χ0v) is 13.4. The molecule has 0 unspecified atom stereocenters. The van der Waals surface area contributed by atoms with Crippen LogP contribution in [0.4, 0.5) is 10.1 Å². The van der Waals surface area contributed by atoms with Crippen molar-refractivity contribution in [2.24, 2.45) is 0 Å². The van der Waals surface area contributed by atoms with Gasteiger partial charge in [-0.15, -0.1) is 0 Å². The molecule has 0 spiro atoms. The number of ether oxygens (including phenoxy) is 3. The number of benzene rings is 2. The number of hydrogen-bond acceptors (Lipinski definition) is 6. The average Bonchev–Trinajstić information content (AvgIpc) is 2.61. The summed E-state index contributed by atoms with van der Waals surface area (Å²) >= 11 is 5.75. The molecule has 0 N–H and O–H groups in total. The predicted octanol–water partition coefficient (Wildman–Crippen LogP) is 3.61. The SMILES string of the molecule is O=C(OCc1cc([N+](=O)[O-])cc2c1OCOC2)c1cc(Cl)ccc1F. The van der Waals surface area contributed by atoms with Crippen molar-refractivity contribution in [1.29, 1.82) is 0 Å². The molecular formula is C16H11ClFNO6. The van der Waals surface area contributed by atoms with Crippen LogP contribution in [0, 0.1) is 15.9 Å². The fourth-order valence-electron chi connectivity index (χ4n) is 2.37. The maximum absolute atomic E-state index is 13.7. The number of halogens is 2. The van der Waals surface area contributed by atoms with Crippen LogP contribution in [-0.2, 0) is 22.7 Å². The highest BCUT2D eigenvalue weighted by Crippen LogP contribution is 2.33. The van der Waals surface area contributed by atoms with Crippen LogP contribution < -0.4 is 4.74 Å². The molecule has 3 rings (SSSR count). The van der Waals surface area contributed by atoms with Gasteiger partial charge in [0.2, 0.25) is 0 Å². The number of hydrogen-bond donors (Lipinski definition) is 0. The molecule has 130 valence electrons. The van der Waals surface area contributed by atoms with Gasteiger partial charge < -0.3 is 14.2 Å². The van der Waals surface area contributed by atoms with E-state index in [-0.39, 0.29) is 36.3 Å². The van der Waals surface area contributed by atoms with Gasteiger partial charge in [0.15, 0.2) is 6.79 Å². The molecular weight excluding hydrogens is 357 g/mol. The molecule has 2 aromatic carbocycles. The Kier molecular flexibility index (Phi) is 4.82. The Balaban J connectivity index is 1.85. The number of carbonyl (C=O) groups excluding carboxylic acids is 1. The summed E-state index contributed by atoms with van der Waals surface area (Å²) in [6, 6.07) is 6.07. The molecule has 2 aromatic rings. The second-order valence-corrected chi connectivity index (χ2v) is 5.60. The first kappa shape index (κ1) is 17.1. The molecule has 0 fully saturated rings. The fourth-order valence-corrected chi connectivity index (χ4v) is 2.54. The van der Waals surface area contributed by atoms with Crippen molar-refractivity contribution in [3.8, 4) is 5.75 Å². The summed E-state index contributed by atoms with van der Waals surface area (Å²) in [6.07, 6.45) is 0. The summed E-state index contributed by atoms with van der Waals surface area (Å²) in [5.74, 6) is -1.36. The second-order valence-electron chi connectivity index (χ2n) is 5.16. The number of nitrogens with zero attached hydrogens (tertiary/aromatic N) is 1. The van der Waals surface area contributed by atoms with Crippen molar-refractivity contribution >= 4 is 23.3 Å². The van der Waals surface area contributed by atoms with E-state index in [9.17, 15) is 19.3 Å². The van der Waals surface area contributed by atoms with Gasteiger partial charge in [-0.25, -0.2) is 9.18 Å². The molecule has 7 nitrogen and oxygen atoms in total. The molecule has 0 saturated carbocycles. The first-order chi connectivity index (χ1) is 12.0. The number of esters is 1. The van der Waals surface area contributed by atoms with Crippen LogP contribution >= 0.6 is 11.6 Å². The van der Waals surface area contributed by atoms with E-state index in [4.69, 9.17) is 25.8 Å². The molecule has 25 heavy (non-hydrogen) atoms. The molecule has 0 aromatic heterocycles. The standard InChI is InChI=1S/C16H11ClFNO6/c17-11-1-2-14(18)13(5-11)16(20)24-7-10-4-12(19(21)22)3-9-6-23-8-25-15(9)10/h1-5H,6-8H2. The third-order valence-electron chi connectivity index (χ3n) is 3.49. The van der Waals surface area contributed by atoms with Gasteiger partial charge in [-0.1, -0.05) is 11.6 Å². The van der Waals surface area contributed by atoms with Crippen LogP contribution in [0.5, 0.6) is 5.75 Å². The topological polar surface area (TPSA) is 87.9 Å². The van der Waals surface area contributed by atoms with Crippen molar-refractivity contribution in [1.82, 2.24) is 0 Å². The zero-order valence-electron chi connectivity index (χ0n) is 12.7. The van der Waals surface area contributed by atoms with Gasteiger partial charge in [-0.05, 0) is 18.2 Å². The molecule has 0 aliphatic carbocycles. The summed E-state index contributed by atoms with van der Waals surface area (Å²) in [7, 11) is 0. The van der Waals surface area contributed by atoms with E-state index >= 15 is 0 Å². The first-order valence-electron chi connectivity index (χ1n) is 7.08. The molecule has 0 bridgehead atoms. The van der Waals surface area contributed by atoms with Crippen LogP contribution in [0.15, 0.2) is 30.3 Å². The lowest BCUT2D eigenvalue weighted by atomic mass is 10.1. The Morgan fingerprint density at radius 3 is 2.92 bits per heavy atom. The molecule has 1 heterocycles. The van der Waals surface area contributed by atoms with Crippen molar-refractivity contribution < 1.29 is 28.3 Å². The van der Waals surface area contributed by atoms with E-state index < -0.39 is 16.7 Å². The number of fused-ring (bicyclic) bond motifs is 1. The van der Waals surface area contributed by atoms with E-state index in [2.05, 4.69) is 0 Å². The molecule has 9 heteroatoms. The van der Waals surface area contributed by atoms with Crippen molar-refractivity contribution in [3.63, 3.8) is 0 Å². The quantitative estimate of drug-likeness (QED) is 0.466. The summed E-state index contributed by atoms with van der Waals surface area (Å²) in [6.45, 7) is -0.204. The van der Waals surface area contributed by atoms with Crippen molar-refractivity contribution in [3.05, 3.63) is 68.0 Å². The van der Waals surface area contributed by atoms with Gasteiger partial charge in [0, 0.05) is 28.3 Å². The van der Waals surface area contributed by atoms with Crippen LogP contribution in [-0.4, -0.2) is 17.7 Å². The Labute approximate surface area is 146 Å². The minimum Gasteiger partial charge on any atom is -0.467 e. The highest BCUT2D eigenvalue weighted by atomic mass is 35.5. The maximum Gasteiger partial charge on any atom is 0.341 e. The smallest absolute Gasteiger partial charge is 0.341 e. The third kappa shape index (κ3) is 3.70. The Morgan fingerprint density at radius 2 is 2.16 bits per heavy atom. The van der Waals surface area contributed by atoms with Gasteiger partial charge in [-0.3, -0.25) is 10.1 Å². The lowest BCUT2D eigenvalue weighted by Gasteiger charge is -2.20. The number of nitro groups is 1. The number of non-ortho nitro benzene ring substituents is 1. The van der Waals surface area contributed by atoms with Gasteiger partial charge in [0.25, 0.3) is 5.69 Å². The molecule has 0 saturated heterocycles. The lowest BCUT2D eigenvalue weighted by Crippen LogP contribution is -2.15. The van der Waals surface area contributed by atoms with Gasteiger partial charge in [0.1, 0.15) is 18.2 Å². The largest absolute Gasteiger partial charge is 0.467 e. The number of carbonyl (C=O) groups is 1. The second kappa shape index (κ2) is 7.04. The average molecular weight is 368 g/mol. The maximum atomic E-state index is 13.7. The van der Waals surface area contributed by atoms with Crippen LogP contribution in [0.2, 0.25) is 5.02 Å². The van der Waals surface area contributed by atoms with Crippen molar-refractivity contribution in [2.75, 3.05) is 6.79 Å².